The first-order chi connectivity index (χ1) is 13.7. The van der Waals surface area contributed by atoms with E-state index in [1.165, 1.54) is 0 Å². The molecule has 3 rings (SSSR count). The van der Waals surface area contributed by atoms with E-state index in [4.69, 9.17) is 14.7 Å². The summed E-state index contributed by atoms with van der Waals surface area (Å²) in [5.41, 5.74) is 1.55. The van der Waals surface area contributed by atoms with Gasteiger partial charge in [-0.15, -0.1) is 0 Å². The van der Waals surface area contributed by atoms with E-state index in [0.29, 0.717) is 31.0 Å². The predicted molar refractivity (Wildman–Crippen MR) is 108 cm³/mol. The van der Waals surface area contributed by atoms with E-state index < -0.39 is 0 Å². The Hall–Kier alpha value is -3.36. The van der Waals surface area contributed by atoms with Crippen molar-refractivity contribution >= 4 is 16.7 Å². The second kappa shape index (κ2) is 9.54. The molecule has 0 unspecified atom stereocenters. The molecule has 5 nitrogen and oxygen atoms in total. The number of nitrogens with zero attached hydrogens (tertiary/aromatic N) is 2. The molecule has 28 heavy (non-hydrogen) atoms. The second-order valence-electron chi connectivity index (χ2n) is 6.38. The molecule has 0 aromatic heterocycles. The summed E-state index contributed by atoms with van der Waals surface area (Å²) in [4.78, 5) is 14.5. The van der Waals surface area contributed by atoms with Crippen LogP contribution in [0.2, 0.25) is 0 Å². The maximum atomic E-state index is 12.8. The Bertz CT molecular complexity index is 972. The highest BCUT2D eigenvalue weighted by molar-refractivity contribution is 5.88. The predicted octanol–water partition coefficient (Wildman–Crippen LogP) is 3.77. The van der Waals surface area contributed by atoms with Crippen LogP contribution >= 0.6 is 0 Å². The van der Waals surface area contributed by atoms with Crippen LogP contribution in [0.3, 0.4) is 0 Å². The summed E-state index contributed by atoms with van der Waals surface area (Å²) in [7, 11) is 1.61. The van der Waals surface area contributed by atoms with Gasteiger partial charge in [-0.2, -0.15) is 5.26 Å². The molecule has 3 aromatic rings. The van der Waals surface area contributed by atoms with Gasteiger partial charge in [-0.1, -0.05) is 48.5 Å². The van der Waals surface area contributed by atoms with Crippen molar-refractivity contribution in [3.8, 4) is 11.8 Å². The molecule has 0 aliphatic carbocycles. The summed E-state index contributed by atoms with van der Waals surface area (Å²) >= 11 is 0. The highest BCUT2D eigenvalue weighted by Crippen LogP contribution is 2.25. The quantitative estimate of drug-likeness (QED) is 0.602. The minimum absolute atomic E-state index is 0.0476. The maximum absolute atomic E-state index is 12.8. The van der Waals surface area contributed by atoms with Gasteiger partial charge in [0.25, 0.3) is 5.91 Å². The molecule has 142 valence electrons. The summed E-state index contributed by atoms with van der Waals surface area (Å²) in [5.74, 6) is 0.575. The Morgan fingerprint density at radius 3 is 2.54 bits per heavy atom. The highest BCUT2D eigenvalue weighted by atomic mass is 16.5. The van der Waals surface area contributed by atoms with Gasteiger partial charge in [0.15, 0.2) is 6.61 Å². The Kier molecular flexibility index (Phi) is 6.61. The summed E-state index contributed by atoms with van der Waals surface area (Å²) < 4.78 is 11.0. The van der Waals surface area contributed by atoms with Gasteiger partial charge in [0, 0.05) is 25.6 Å². The van der Waals surface area contributed by atoms with E-state index in [1.807, 2.05) is 54.6 Å². The number of carbonyl (C=O) groups excluding carboxylic acids is 1. The summed E-state index contributed by atoms with van der Waals surface area (Å²) in [6.45, 7) is 1.30. The van der Waals surface area contributed by atoms with Crippen LogP contribution in [0.4, 0.5) is 0 Å². The lowest BCUT2D eigenvalue weighted by atomic mass is 10.1. The monoisotopic (exact) mass is 374 g/mol. The summed E-state index contributed by atoms with van der Waals surface area (Å²) in [6, 6.07) is 23.0. The maximum Gasteiger partial charge on any atom is 0.260 e. The Balaban J connectivity index is 1.69. The van der Waals surface area contributed by atoms with E-state index in [2.05, 4.69) is 6.07 Å². The van der Waals surface area contributed by atoms with Crippen LogP contribution in [0.1, 0.15) is 11.1 Å². The SMILES string of the molecule is COCCN(Cc1ccc(C#N)cc1)C(=O)COc1cccc2ccccc12. The number of hydrogen-bond acceptors (Lipinski definition) is 4. The third-order valence-electron chi connectivity index (χ3n) is 4.48. The molecule has 0 bridgehead atoms. The van der Waals surface area contributed by atoms with Crippen molar-refractivity contribution in [2.45, 2.75) is 6.54 Å². The van der Waals surface area contributed by atoms with Crippen molar-refractivity contribution < 1.29 is 14.3 Å². The Labute approximate surface area is 164 Å². The number of fused-ring (bicyclic) bond motifs is 1. The van der Waals surface area contributed by atoms with E-state index in [9.17, 15) is 4.79 Å². The van der Waals surface area contributed by atoms with Crippen molar-refractivity contribution in [3.05, 3.63) is 77.9 Å². The topological polar surface area (TPSA) is 62.6 Å². The molecule has 5 heteroatoms. The van der Waals surface area contributed by atoms with Gasteiger partial charge >= 0.3 is 0 Å². The fourth-order valence-corrected chi connectivity index (χ4v) is 2.95. The molecule has 0 fully saturated rings. The third-order valence-corrected chi connectivity index (χ3v) is 4.48. The number of nitriles is 1. The molecule has 1 amide bonds. The number of ether oxygens (including phenoxy) is 2. The molecular formula is C23H22N2O3. The molecule has 0 spiro atoms. The first-order valence-corrected chi connectivity index (χ1v) is 9.07. The van der Waals surface area contributed by atoms with E-state index in [0.717, 1.165) is 16.3 Å². The van der Waals surface area contributed by atoms with Crippen LogP contribution in [0.5, 0.6) is 5.75 Å². The molecule has 0 heterocycles. The smallest absolute Gasteiger partial charge is 0.260 e. The Morgan fingerprint density at radius 1 is 1.04 bits per heavy atom. The molecule has 0 saturated heterocycles. The number of methoxy groups -OCH3 is 1. The standard InChI is InChI=1S/C23H22N2O3/c1-27-14-13-25(16-19-11-9-18(15-24)10-12-19)23(26)17-28-22-8-4-6-20-5-2-3-7-21(20)22/h2-12H,13-14,16-17H2,1H3. The zero-order chi connectivity index (χ0) is 19.8. The average Bonchev–Trinajstić information content (AvgIpc) is 2.75. The second-order valence-corrected chi connectivity index (χ2v) is 6.38. The molecule has 0 aliphatic heterocycles. The molecule has 0 saturated carbocycles. The molecule has 0 atom stereocenters. The van der Waals surface area contributed by atoms with Gasteiger partial charge in [0.2, 0.25) is 0 Å². The van der Waals surface area contributed by atoms with E-state index in [1.54, 1.807) is 24.1 Å². The van der Waals surface area contributed by atoms with Gasteiger partial charge in [-0.05, 0) is 29.1 Å². The van der Waals surface area contributed by atoms with Crippen molar-refractivity contribution in [1.82, 2.24) is 4.90 Å². The van der Waals surface area contributed by atoms with Crippen LogP contribution < -0.4 is 4.74 Å². The number of benzene rings is 3. The van der Waals surface area contributed by atoms with Gasteiger partial charge in [-0.3, -0.25) is 4.79 Å². The fraction of sp³-hybridized carbons (Fsp3) is 0.217. The van der Waals surface area contributed by atoms with Gasteiger partial charge in [0.1, 0.15) is 5.75 Å². The first-order valence-electron chi connectivity index (χ1n) is 9.07. The fourth-order valence-electron chi connectivity index (χ4n) is 2.95. The van der Waals surface area contributed by atoms with Crippen LogP contribution in [-0.2, 0) is 16.1 Å². The van der Waals surface area contributed by atoms with Crippen LogP contribution in [-0.4, -0.2) is 37.7 Å². The average molecular weight is 374 g/mol. The van der Waals surface area contributed by atoms with Crippen LogP contribution in [0, 0.1) is 11.3 Å². The van der Waals surface area contributed by atoms with Crippen LogP contribution in [0.25, 0.3) is 10.8 Å². The van der Waals surface area contributed by atoms with Crippen molar-refractivity contribution in [3.63, 3.8) is 0 Å². The number of hydrogen-bond donors (Lipinski definition) is 0. The summed E-state index contributed by atoms with van der Waals surface area (Å²) in [5, 5.41) is 11.0. The molecule has 0 N–H and O–H groups in total. The normalized spacial score (nSPS) is 10.4. The Morgan fingerprint density at radius 2 is 1.79 bits per heavy atom. The van der Waals surface area contributed by atoms with E-state index >= 15 is 0 Å². The minimum Gasteiger partial charge on any atom is -0.483 e. The van der Waals surface area contributed by atoms with E-state index in [-0.39, 0.29) is 12.5 Å². The first kappa shape index (κ1) is 19.4. The molecule has 0 aliphatic rings. The lowest BCUT2D eigenvalue weighted by Gasteiger charge is -2.23. The zero-order valence-electron chi connectivity index (χ0n) is 15.8. The highest BCUT2D eigenvalue weighted by Gasteiger charge is 2.15. The summed E-state index contributed by atoms with van der Waals surface area (Å²) in [6.07, 6.45) is 0. The molecule has 3 aromatic carbocycles. The minimum atomic E-state index is -0.116. The van der Waals surface area contributed by atoms with Gasteiger partial charge < -0.3 is 14.4 Å². The largest absolute Gasteiger partial charge is 0.483 e. The van der Waals surface area contributed by atoms with Crippen molar-refractivity contribution in [2.75, 3.05) is 26.9 Å². The lowest BCUT2D eigenvalue weighted by Crippen LogP contribution is -2.36. The lowest BCUT2D eigenvalue weighted by molar-refractivity contribution is -0.134. The number of amides is 1. The van der Waals surface area contributed by atoms with Crippen LogP contribution in [0.15, 0.2) is 66.7 Å². The molecule has 0 radical (unpaired) electrons. The van der Waals surface area contributed by atoms with Crippen molar-refractivity contribution in [1.29, 1.82) is 5.26 Å². The van der Waals surface area contributed by atoms with Crippen molar-refractivity contribution in [2.24, 2.45) is 0 Å². The number of carbonyl (C=O) groups is 1. The van der Waals surface area contributed by atoms with Gasteiger partial charge in [-0.25, -0.2) is 0 Å². The third kappa shape index (κ3) is 4.87. The zero-order valence-corrected chi connectivity index (χ0v) is 15.8. The number of rotatable bonds is 8. The van der Waals surface area contributed by atoms with Gasteiger partial charge in [0.05, 0.1) is 18.2 Å². The molecular weight excluding hydrogens is 352 g/mol.